The number of rotatable bonds is 5. The van der Waals surface area contributed by atoms with Crippen molar-refractivity contribution in [3.05, 3.63) is 72.4 Å². The summed E-state index contributed by atoms with van der Waals surface area (Å²) in [4.78, 5) is 39.4. The molecule has 1 N–H and O–H groups in total. The number of aromatic nitrogens is 1. The molecule has 31 heavy (non-hydrogen) atoms. The number of nitrogens with zero attached hydrogens (tertiary/aromatic N) is 3. The van der Waals surface area contributed by atoms with Crippen molar-refractivity contribution >= 4 is 62.1 Å². The zero-order chi connectivity index (χ0) is 22.7. The fourth-order valence-electron chi connectivity index (χ4n) is 3.00. The van der Waals surface area contributed by atoms with E-state index in [1.165, 1.54) is 16.7 Å². The number of halogens is 1. The van der Waals surface area contributed by atoms with Crippen molar-refractivity contribution in [2.45, 2.75) is 20.3 Å². The van der Waals surface area contributed by atoms with Crippen LogP contribution in [0.4, 0.5) is 0 Å². The fraction of sp³-hybridized carbons (Fsp3) is 0.190. The van der Waals surface area contributed by atoms with Crippen molar-refractivity contribution in [2.24, 2.45) is 0 Å². The fourth-order valence-corrected chi connectivity index (χ4v) is 4.73. The Bertz CT molecular complexity index is 1230. The van der Waals surface area contributed by atoms with Gasteiger partial charge in [0.1, 0.15) is 16.0 Å². The van der Waals surface area contributed by atoms with E-state index in [1.807, 2.05) is 30.3 Å². The number of hydrogen-bond acceptors (Lipinski definition) is 6. The second-order valence-electron chi connectivity index (χ2n) is 6.77. The highest BCUT2D eigenvalue weighted by atomic mass is 79.9. The van der Waals surface area contributed by atoms with Crippen LogP contribution in [0.15, 0.2) is 44.5 Å². The number of amides is 2. The molecule has 0 saturated carbocycles. The zero-order valence-corrected chi connectivity index (χ0v) is 19.9. The van der Waals surface area contributed by atoms with Gasteiger partial charge in [-0.15, -0.1) is 0 Å². The first-order chi connectivity index (χ1) is 14.7. The average molecular weight is 517 g/mol. The number of benzene rings is 1. The lowest BCUT2D eigenvalue weighted by Crippen LogP contribution is -2.38. The van der Waals surface area contributed by atoms with Gasteiger partial charge in [-0.2, -0.15) is 5.26 Å². The van der Waals surface area contributed by atoms with Crippen molar-refractivity contribution in [3.8, 4) is 6.07 Å². The third-order valence-corrected chi connectivity index (χ3v) is 6.39. The Morgan fingerprint density at radius 3 is 2.74 bits per heavy atom. The van der Waals surface area contributed by atoms with Gasteiger partial charge in [-0.05, 0) is 49.2 Å². The van der Waals surface area contributed by atoms with Crippen LogP contribution >= 0.6 is 39.9 Å². The van der Waals surface area contributed by atoms with Gasteiger partial charge in [0.2, 0.25) is 5.91 Å². The molecule has 158 valence electrons. The molecule has 1 saturated heterocycles. The standard InChI is InChI=1S/C21H17BrN4O3S2/c1-12-8-13(2)26(19(28)16(12)11-23)24-18(27)6-7-25-20(29)17(31-21(25)30)10-14-4-3-5-15(22)9-14/h3-5,8-10H,6-7H2,1-2H3,(H,24,27)/b17-10-. The van der Waals surface area contributed by atoms with Crippen LogP contribution in [-0.2, 0) is 9.59 Å². The smallest absolute Gasteiger partial charge is 0.287 e. The van der Waals surface area contributed by atoms with E-state index in [9.17, 15) is 14.4 Å². The van der Waals surface area contributed by atoms with Crippen LogP contribution in [-0.4, -0.2) is 32.3 Å². The van der Waals surface area contributed by atoms with E-state index < -0.39 is 11.5 Å². The summed E-state index contributed by atoms with van der Waals surface area (Å²) in [6.45, 7) is 3.40. The van der Waals surface area contributed by atoms with E-state index in [-0.39, 0.29) is 24.4 Å². The quantitative estimate of drug-likeness (QED) is 0.482. The number of aryl methyl sites for hydroxylation is 2. The third-order valence-electron chi connectivity index (χ3n) is 4.52. The van der Waals surface area contributed by atoms with Gasteiger partial charge in [0.05, 0.1) is 4.91 Å². The molecule has 2 aromatic rings. The molecule has 0 aliphatic carbocycles. The molecule has 1 aliphatic heterocycles. The van der Waals surface area contributed by atoms with Gasteiger partial charge in [0.25, 0.3) is 11.5 Å². The minimum atomic E-state index is -0.587. The molecule has 1 fully saturated rings. The van der Waals surface area contributed by atoms with Crippen LogP contribution in [0.3, 0.4) is 0 Å². The molecule has 2 amide bonds. The number of nitrogens with one attached hydrogen (secondary N) is 1. The van der Waals surface area contributed by atoms with Crippen molar-refractivity contribution < 1.29 is 9.59 Å². The van der Waals surface area contributed by atoms with Crippen LogP contribution in [0.2, 0.25) is 0 Å². The molecule has 1 aromatic heterocycles. The van der Waals surface area contributed by atoms with E-state index >= 15 is 0 Å². The lowest BCUT2D eigenvalue weighted by molar-refractivity contribution is -0.122. The Morgan fingerprint density at radius 1 is 1.32 bits per heavy atom. The van der Waals surface area contributed by atoms with Gasteiger partial charge in [-0.3, -0.25) is 24.7 Å². The molecule has 10 heteroatoms. The molecule has 1 aliphatic rings. The molecule has 0 radical (unpaired) electrons. The summed E-state index contributed by atoms with van der Waals surface area (Å²) in [5, 5.41) is 9.15. The summed E-state index contributed by atoms with van der Waals surface area (Å²) < 4.78 is 2.31. The average Bonchev–Trinajstić information content (AvgIpc) is 2.96. The van der Waals surface area contributed by atoms with Crippen LogP contribution in [0, 0.1) is 25.2 Å². The lowest BCUT2D eigenvalue weighted by Gasteiger charge is -2.16. The monoisotopic (exact) mass is 516 g/mol. The number of thiocarbonyl (C=S) groups is 1. The van der Waals surface area contributed by atoms with Gasteiger partial charge in [-0.25, -0.2) is 4.68 Å². The molecule has 0 unspecified atom stereocenters. The molecule has 3 rings (SSSR count). The zero-order valence-electron chi connectivity index (χ0n) is 16.6. The van der Waals surface area contributed by atoms with Crippen LogP contribution in [0.25, 0.3) is 6.08 Å². The summed E-state index contributed by atoms with van der Waals surface area (Å²) in [5.74, 6) is -0.735. The van der Waals surface area contributed by atoms with Gasteiger partial charge in [0, 0.05) is 23.1 Å². The highest BCUT2D eigenvalue weighted by molar-refractivity contribution is 9.10. The van der Waals surface area contributed by atoms with E-state index in [0.717, 1.165) is 14.7 Å². The molecule has 0 spiro atoms. The molecule has 0 bridgehead atoms. The molecule has 0 atom stereocenters. The summed E-state index contributed by atoms with van der Waals surface area (Å²) in [6.07, 6.45) is 1.70. The number of thioether (sulfide) groups is 1. The van der Waals surface area contributed by atoms with Gasteiger partial charge in [0.15, 0.2) is 0 Å². The summed E-state index contributed by atoms with van der Waals surface area (Å²) in [5.41, 5.74) is 3.78. The van der Waals surface area contributed by atoms with Crippen molar-refractivity contribution in [1.29, 1.82) is 5.26 Å². The minimum Gasteiger partial charge on any atom is -0.292 e. The highest BCUT2D eigenvalue weighted by Crippen LogP contribution is 2.32. The Hall–Kier alpha value is -2.74. The van der Waals surface area contributed by atoms with E-state index in [1.54, 1.807) is 26.0 Å². The van der Waals surface area contributed by atoms with E-state index in [0.29, 0.717) is 20.5 Å². The second kappa shape index (κ2) is 9.60. The predicted octanol–water partition coefficient (Wildman–Crippen LogP) is 3.46. The molecular formula is C21H17BrN4O3S2. The minimum absolute atomic E-state index is 0.0273. The third kappa shape index (κ3) is 5.12. The van der Waals surface area contributed by atoms with E-state index in [2.05, 4.69) is 21.4 Å². The SMILES string of the molecule is Cc1cc(C)n(NC(=O)CCN2C(=O)/C(=C/c3cccc(Br)c3)SC2=S)c(=O)c1C#N. The number of carbonyl (C=O) groups excluding carboxylic acids is 2. The molecule has 7 nitrogen and oxygen atoms in total. The first-order valence-electron chi connectivity index (χ1n) is 9.15. The lowest BCUT2D eigenvalue weighted by atomic mass is 10.1. The number of carbonyl (C=O) groups is 2. The number of pyridine rings is 1. The second-order valence-corrected chi connectivity index (χ2v) is 9.36. The Labute approximate surface area is 196 Å². The van der Waals surface area contributed by atoms with Crippen LogP contribution < -0.4 is 11.0 Å². The highest BCUT2D eigenvalue weighted by Gasteiger charge is 2.32. The van der Waals surface area contributed by atoms with Crippen molar-refractivity contribution in [1.82, 2.24) is 9.58 Å². The Balaban J connectivity index is 1.69. The topological polar surface area (TPSA) is 95.2 Å². The molecular weight excluding hydrogens is 500 g/mol. The number of hydrogen-bond donors (Lipinski definition) is 1. The van der Waals surface area contributed by atoms with Crippen molar-refractivity contribution in [2.75, 3.05) is 12.0 Å². The van der Waals surface area contributed by atoms with Gasteiger partial charge < -0.3 is 0 Å². The van der Waals surface area contributed by atoms with E-state index in [4.69, 9.17) is 17.5 Å². The summed E-state index contributed by atoms with van der Waals surface area (Å²) in [7, 11) is 0. The van der Waals surface area contributed by atoms with Crippen molar-refractivity contribution in [3.63, 3.8) is 0 Å². The summed E-state index contributed by atoms with van der Waals surface area (Å²) >= 11 is 9.88. The predicted molar refractivity (Wildman–Crippen MR) is 128 cm³/mol. The van der Waals surface area contributed by atoms with Gasteiger partial charge >= 0.3 is 0 Å². The Morgan fingerprint density at radius 2 is 2.06 bits per heavy atom. The Kier molecular flexibility index (Phi) is 7.10. The maximum absolute atomic E-state index is 12.7. The number of nitriles is 1. The normalized spacial score (nSPS) is 14.8. The maximum atomic E-state index is 12.7. The molecule has 1 aromatic carbocycles. The van der Waals surface area contributed by atoms with Crippen LogP contribution in [0.5, 0.6) is 0 Å². The largest absolute Gasteiger partial charge is 0.292 e. The maximum Gasteiger partial charge on any atom is 0.287 e. The summed E-state index contributed by atoms with van der Waals surface area (Å²) in [6, 6.07) is 11.0. The first kappa shape index (κ1) is 22.9. The van der Waals surface area contributed by atoms with Gasteiger partial charge in [-0.1, -0.05) is 52.0 Å². The molecule has 2 heterocycles. The van der Waals surface area contributed by atoms with Crippen LogP contribution in [0.1, 0.15) is 28.8 Å². The first-order valence-corrected chi connectivity index (χ1v) is 11.2.